The highest BCUT2D eigenvalue weighted by atomic mass is 79.9. The molecule has 5 heteroatoms. The number of ether oxygens (including phenoxy) is 1. The van der Waals surface area contributed by atoms with Gasteiger partial charge in [0.1, 0.15) is 5.75 Å². The van der Waals surface area contributed by atoms with Gasteiger partial charge in [0.05, 0.1) is 11.6 Å². The third-order valence-electron chi connectivity index (χ3n) is 3.84. The minimum absolute atomic E-state index is 0.171. The lowest BCUT2D eigenvalue weighted by molar-refractivity contribution is 0.192. The van der Waals surface area contributed by atoms with E-state index in [1.54, 1.807) is 18.4 Å². The Morgan fingerprint density at radius 3 is 2.67 bits per heavy atom. The van der Waals surface area contributed by atoms with E-state index in [0.717, 1.165) is 10.2 Å². The third kappa shape index (κ3) is 3.66. The summed E-state index contributed by atoms with van der Waals surface area (Å²) in [6.07, 6.45) is 0. The fraction of sp³-hybridized carbons (Fsp3) is 0.375. The van der Waals surface area contributed by atoms with Gasteiger partial charge >= 0.3 is 0 Å². The Bertz CT molecular complexity index is 574. The van der Waals surface area contributed by atoms with Gasteiger partial charge in [0, 0.05) is 23.5 Å². The van der Waals surface area contributed by atoms with E-state index in [1.165, 1.54) is 10.4 Å². The average Bonchev–Trinajstić information content (AvgIpc) is 3.01. The molecule has 0 fully saturated rings. The molecule has 0 aliphatic heterocycles. The minimum Gasteiger partial charge on any atom is -0.496 e. The number of likely N-dealkylation sites (N-methyl/N-ethyl adjacent to an activating group) is 1. The van der Waals surface area contributed by atoms with Gasteiger partial charge in [-0.1, -0.05) is 12.1 Å². The highest BCUT2D eigenvalue weighted by Gasteiger charge is 2.22. The van der Waals surface area contributed by atoms with Crippen LogP contribution in [0.4, 0.5) is 0 Å². The number of hydrogen-bond acceptors (Lipinski definition) is 4. The van der Waals surface area contributed by atoms with Crippen molar-refractivity contribution in [3.05, 3.63) is 50.6 Å². The zero-order chi connectivity index (χ0) is 15.4. The number of methoxy groups -OCH3 is 1. The number of halogens is 1. The Labute approximate surface area is 138 Å². The summed E-state index contributed by atoms with van der Waals surface area (Å²) >= 11 is 5.33. The van der Waals surface area contributed by atoms with Crippen LogP contribution in [-0.4, -0.2) is 25.6 Å². The first-order chi connectivity index (χ1) is 10.1. The number of hydrogen-bond donors (Lipinski definition) is 1. The zero-order valence-electron chi connectivity index (χ0n) is 12.5. The zero-order valence-corrected chi connectivity index (χ0v) is 14.9. The molecule has 0 spiro atoms. The highest BCUT2D eigenvalue weighted by Crippen LogP contribution is 2.33. The van der Waals surface area contributed by atoms with Gasteiger partial charge in [0.15, 0.2) is 0 Å². The lowest BCUT2D eigenvalue weighted by atomic mass is 10.0. The molecule has 0 aliphatic rings. The van der Waals surface area contributed by atoms with E-state index in [9.17, 15) is 0 Å². The monoisotopic (exact) mass is 368 g/mol. The Morgan fingerprint density at radius 1 is 1.38 bits per heavy atom. The summed E-state index contributed by atoms with van der Waals surface area (Å²) in [6, 6.07) is 10.9. The van der Waals surface area contributed by atoms with Crippen molar-refractivity contribution in [2.75, 3.05) is 20.7 Å². The number of thiophene rings is 1. The normalized spacial score (nSPS) is 14.2. The molecule has 0 amide bonds. The summed E-state index contributed by atoms with van der Waals surface area (Å²) in [4.78, 5) is 3.67. The van der Waals surface area contributed by atoms with Crippen LogP contribution in [0.2, 0.25) is 0 Å². The van der Waals surface area contributed by atoms with Gasteiger partial charge in [-0.15, -0.1) is 11.3 Å². The second-order valence-electron chi connectivity index (χ2n) is 5.00. The molecule has 0 bridgehead atoms. The van der Waals surface area contributed by atoms with Crippen LogP contribution >= 0.6 is 27.3 Å². The first-order valence-electron chi connectivity index (χ1n) is 6.87. The minimum atomic E-state index is 0.171. The number of rotatable bonds is 6. The van der Waals surface area contributed by atoms with Crippen LogP contribution in [-0.2, 0) is 0 Å². The van der Waals surface area contributed by atoms with Crippen LogP contribution in [0.15, 0.2) is 40.2 Å². The van der Waals surface area contributed by atoms with Gasteiger partial charge in [-0.25, -0.2) is 0 Å². The number of nitrogens with zero attached hydrogens (tertiary/aromatic N) is 1. The van der Waals surface area contributed by atoms with E-state index >= 15 is 0 Å². The molecule has 2 N–H and O–H groups in total. The molecule has 3 nitrogen and oxygen atoms in total. The Morgan fingerprint density at radius 2 is 2.14 bits per heavy atom. The molecule has 1 aromatic carbocycles. The molecule has 0 aliphatic carbocycles. The first kappa shape index (κ1) is 16.5. The molecule has 114 valence electrons. The predicted molar refractivity (Wildman–Crippen MR) is 93.0 cm³/mol. The van der Waals surface area contributed by atoms with Crippen LogP contribution in [0.5, 0.6) is 5.75 Å². The average molecular weight is 369 g/mol. The van der Waals surface area contributed by atoms with E-state index in [1.807, 2.05) is 6.07 Å². The Hall–Kier alpha value is -0.880. The third-order valence-corrected chi connectivity index (χ3v) is 5.50. The van der Waals surface area contributed by atoms with Crippen molar-refractivity contribution >= 4 is 27.3 Å². The van der Waals surface area contributed by atoms with Gasteiger partial charge in [-0.2, -0.15) is 0 Å². The molecular formula is C16H21BrN2OS. The molecule has 2 atom stereocenters. The van der Waals surface area contributed by atoms with Gasteiger partial charge < -0.3 is 10.5 Å². The molecule has 2 unspecified atom stereocenters. The first-order valence-corrected chi connectivity index (χ1v) is 8.54. The number of benzene rings is 1. The van der Waals surface area contributed by atoms with Crippen LogP contribution in [0.25, 0.3) is 0 Å². The molecule has 0 saturated carbocycles. The van der Waals surface area contributed by atoms with Crippen LogP contribution in [0.3, 0.4) is 0 Å². The largest absolute Gasteiger partial charge is 0.496 e. The molecule has 21 heavy (non-hydrogen) atoms. The van der Waals surface area contributed by atoms with Gasteiger partial charge in [-0.3, -0.25) is 4.90 Å². The van der Waals surface area contributed by atoms with Crippen LogP contribution in [0.1, 0.15) is 29.4 Å². The summed E-state index contributed by atoms with van der Waals surface area (Å²) < 4.78 is 6.25. The second kappa shape index (κ2) is 7.40. The van der Waals surface area contributed by atoms with Crippen molar-refractivity contribution < 1.29 is 4.74 Å². The van der Waals surface area contributed by atoms with Crippen LogP contribution < -0.4 is 10.5 Å². The molecule has 1 heterocycles. The van der Waals surface area contributed by atoms with Gasteiger partial charge in [-0.05, 0) is 59.0 Å². The van der Waals surface area contributed by atoms with Crippen LogP contribution in [0, 0.1) is 0 Å². The van der Waals surface area contributed by atoms with E-state index in [-0.39, 0.29) is 6.04 Å². The maximum atomic E-state index is 6.03. The molecule has 0 saturated heterocycles. The van der Waals surface area contributed by atoms with Crippen molar-refractivity contribution in [3.63, 3.8) is 0 Å². The molecule has 1 aromatic heterocycles. The fourth-order valence-electron chi connectivity index (χ4n) is 2.43. The van der Waals surface area contributed by atoms with Gasteiger partial charge in [0.2, 0.25) is 0 Å². The maximum absolute atomic E-state index is 6.03. The van der Waals surface area contributed by atoms with E-state index < -0.39 is 0 Å². The summed E-state index contributed by atoms with van der Waals surface area (Å²) in [5, 5.41) is 2.11. The van der Waals surface area contributed by atoms with Gasteiger partial charge in [0.25, 0.3) is 0 Å². The summed E-state index contributed by atoms with van der Waals surface area (Å²) in [5.41, 5.74) is 7.22. The number of nitrogens with two attached hydrogens (primary N) is 1. The summed E-state index contributed by atoms with van der Waals surface area (Å²) in [6.45, 7) is 2.79. The van der Waals surface area contributed by atoms with Crippen molar-refractivity contribution in [1.82, 2.24) is 4.90 Å². The smallest absolute Gasteiger partial charge is 0.133 e. The summed E-state index contributed by atoms with van der Waals surface area (Å²) in [5.74, 6) is 0.837. The maximum Gasteiger partial charge on any atom is 0.133 e. The molecule has 2 aromatic rings. The Kier molecular flexibility index (Phi) is 5.81. The quantitative estimate of drug-likeness (QED) is 0.829. The van der Waals surface area contributed by atoms with Crippen molar-refractivity contribution in [2.45, 2.75) is 19.0 Å². The van der Waals surface area contributed by atoms with E-state index in [2.05, 4.69) is 64.4 Å². The highest BCUT2D eigenvalue weighted by molar-refractivity contribution is 9.10. The molecule has 0 radical (unpaired) electrons. The van der Waals surface area contributed by atoms with E-state index in [0.29, 0.717) is 12.6 Å². The van der Waals surface area contributed by atoms with E-state index in [4.69, 9.17) is 10.5 Å². The van der Waals surface area contributed by atoms with Crippen molar-refractivity contribution in [2.24, 2.45) is 5.73 Å². The lowest BCUT2D eigenvalue weighted by Crippen LogP contribution is -2.32. The lowest BCUT2D eigenvalue weighted by Gasteiger charge is -2.32. The molecular weight excluding hydrogens is 348 g/mol. The fourth-order valence-corrected chi connectivity index (χ4v) is 3.82. The SMILES string of the molecule is COc1ccc(C(CN)N(C)C(C)c2cccs2)cc1Br. The Balaban J connectivity index is 2.24. The predicted octanol–water partition coefficient (Wildman–Crippen LogP) is 4.21. The standard InChI is InChI=1S/C16H21BrN2OS/c1-11(16-5-4-8-21-16)19(2)14(10-18)12-6-7-15(20-3)13(17)9-12/h4-9,11,14H,10,18H2,1-3H3. The second-order valence-corrected chi connectivity index (χ2v) is 6.84. The molecule has 2 rings (SSSR count). The van der Waals surface area contributed by atoms with Crippen molar-refractivity contribution in [1.29, 1.82) is 0 Å². The summed E-state index contributed by atoms with van der Waals surface area (Å²) in [7, 11) is 3.80. The topological polar surface area (TPSA) is 38.5 Å². The van der Waals surface area contributed by atoms with Crippen molar-refractivity contribution in [3.8, 4) is 5.75 Å².